The molecule has 20 heavy (non-hydrogen) atoms. The summed E-state index contributed by atoms with van der Waals surface area (Å²) in [7, 11) is 1.96. The molecule has 2 rings (SSSR count). The van der Waals surface area contributed by atoms with Gasteiger partial charge in [0.2, 0.25) is 0 Å². The van der Waals surface area contributed by atoms with Gasteiger partial charge in [-0.15, -0.1) is 0 Å². The summed E-state index contributed by atoms with van der Waals surface area (Å²) in [6.45, 7) is 0.932. The number of nitrogens with one attached hydrogen (secondary N) is 2. The first-order valence-corrected chi connectivity index (χ1v) is 5.87. The third-order valence-corrected chi connectivity index (χ3v) is 2.37. The van der Waals surface area contributed by atoms with E-state index in [4.69, 9.17) is 10.2 Å². The summed E-state index contributed by atoms with van der Waals surface area (Å²) in [4.78, 5) is 22.3. The molecular weight excluding hydrogens is 260 g/mol. The Morgan fingerprint density at radius 1 is 1.20 bits per heavy atom. The van der Waals surface area contributed by atoms with Gasteiger partial charge in [-0.3, -0.25) is 0 Å². The summed E-state index contributed by atoms with van der Waals surface area (Å²) in [5.41, 5.74) is 2.53. The second kappa shape index (κ2) is 7.75. The highest BCUT2D eigenvalue weighted by Crippen LogP contribution is 2.13. The molecule has 0 fully saturated rings. The van der Waals surface area contributed by atoms with E-state index in [1.165, 1.54) is 16.5 Å². The van der Waals surface area contributed by atoms with Crippen LogP contribution in [-0.2, 0) is 16.1 Å². The van der Waals surface area contributed by atoms with Gasteiger partial charge in [0, 0.05) is 30.4 Å². The summed E-state index contributed by atoms with van der Waals surface area (Å²) in [5.74, 6) is -2.51. The van der Waals surface area contributed by atoms with Crippen LogP contribution in [0, 0.1) is 0 Å². The minimum atomic E-state index is -1.26. The van der Waals surface area contributed by atoms with E-state index in [0.29, 0.717) is 12.2 Å². The Kier molecular flexibility index (Phi) is 5.99. The molecule has 4 N–H and O–H groups in total. The van der Waals surface area contributed by atoms with E-state index < -0.39 is 11.9 Å². The highest BCUT2D eigenvalue weighted by molar-refractivity contribution is 5.89. The van der Waals surface area contributed by atoms with Crippen molar-refractivity contribution in [3.8, 4) is 0 Å². The number of carbonyl (C=O) groups is 2. The topological polar surface area (TPSA) is 102 Å². The molecule has 0 atom stereocenters. The van der Waals surface area contributed by atoms with Gasteiger partial charge < -0.3 is 20.5 Å². The lowest BCUT2D eigenvalue weighted by Gasteiger charge is -1.98. The van der Waals surface area contributed by atoms with Crippen LogP contribution in [0.25, 0.3) is 10.9 Å². The zero-order chi connectivity index (χ0) is 15.0. The van der Waals surface area contributed by atoms with Gasteiger partial charge in [0.15, 0.2) is 0 Å². The van der Waals surface area contributed by atoms with Crippen molar-refractivity contribution >= 4 is 22.8 Å². The molecule has 2 aromatic rings. The number of hydrogen-bond donors (Lipinski definition) is 4. The lowest BCUT2D eigenvalue weighted by molar-refractivity contribution is -0.134. The van der Waals surface area contributed by atoms with Gasteiger partial charge in [-0.05, 0) is 36.2 Å². The Bertz CT molecular complexity index is 600. The largest absolute Gasteiger partial charge is 0.478 e. The minimum absolute atomic E-state index is 0.558. The number of carboxylic acids is 2. The van der Waals surface area contributed by atoms with Crippen molar-refractivity contribution in [2.45, 2.75) is 6.54 Å². The molecule has 0 spiro atoms. The number of carboxylic acid groups (broad SMARTS) is 2. The molecule has 1 aromatic carbocycles. The molecule has 6 heteroatoms. The predicted octanol–water partition coefficient (Wildman–Crippen LogP) is 1.60. The molecule has 0 radical (unpaired) electrons. The van der Waals surface area contributed by atoms with Gasteiger partial charge in [0.25, 0.3) is 0 Å². The molecule has 1 aromatic heterocycles. The van der Waals surface area contributed by atoms with E-state index in [-0.39, 0.29) is 0 Å². The van der Waals surface area contributed by atoms with Crippen LogP contribution < -0.4 is 5.32 Å². The first-order valence-electron chi connectivity index (χ1n) is 5.87. The van der Waals surface area contributed by atoms with Crippen molar-refractivity contribution in [3.63, 3.8) is 0 Å². The van der Waals surface area contributed by atoms with Gasteiger partial charge in [-0.1, -0.05) is 6.07 Å². The lowest BCUT2D eigenvalue weighted by atomic mass is 10.1. The van der Waals surface area contributed by atoms with E-state index in [2.05, 4.69) is 34.6 Å². The van der Waals surface area contributed by atoms with Crippen LogP contribution in [0.3, 0.4) is 0 Å². The zero-order valence-corrected chi connectivity index (χ0v) is 11.0. The fourth-order valence-electron chi connectivity index (χ4n) is 1.56. The van der Waals surface area contributed by atoms with Crippen LogP contribution in [0.5, 0.6) is 0 Å². The van der Waals surface area contributed by atoms with E-state index in [1.54, 1.807) is 0 Å². The van der Waals surface area contributed by atoms with Crippen LogP contribution in [0.2, 0.25) is 0 Å². The van der Waals surface area contributed by atoms with Crippen molar-refractivity contribution in [3.05, 3.63) is 48.2 Å². The van der Waals surface area contributed by atoms with Gasteiger partial charge >= 0.3 is 11.9 Å². The number of aliphatic carboxylic acids is 2. The van der Waals surface area contributed by atoms with Crippen molar-refractivity contribution in [1.82, 2.24) is 10.3 Å². The average molecular weight is 276 g/mol. The minimum Gasteiger partial charge on any atom is -0.478 e. The summed E-state index contributed by atoms with van der Waals surface area (Å²) < 4.78 is 0. The first kappa shape index (κ1) is 15.5. The molecule has 1 heterocycles. The highest BCUT2D eigenvalue weighted by atomic mass is 16.4. The van der Waals surface area contributed by atoms with Gasteiger partial charge in [0.1, 0.15) is 0 Å². The van der Waals surface area contributed by atoms with Crippen molar-refractivity contribution in [1.29, 1.82) is 0 Å². The number of hydrogen-bond acceptors (Lipinski definition) is 3. The number of aromatic nitrogens is 1. The van der Waals surface area contributed by atoms with Crippen LogP contribution in [0.15, 0.2) is 42.6 Å². The molecular formula is C14H16N2O4. The summed E-state index contributed by atoms with van der Waals surface area (Å²) in [5, 5.41) is 20.0. The molecule has 0 saturated heterocycles. The SMILES string of the molecule is CNCc1ccc2[nH]ccc2c1.O=C(O)C=CC(=O)O. The quantitative estimate of drug-likeness (QED) is 0.635. The molecule has 6 nitrogen and oxygen atoms in total. The Labute approximate surface area is 115 Å². The maximum Gasteiger partial charge on any atom is 0.328 e. The Balaban J connectivity index is 0.000000221. The number of benzene rings is 1. The number of rotatable bonds is 4. The zero-order valence-electron chi connectivity index (χ0n) is 11.0. The van der Waals surface area contributed by atoms with E-state index in [9.17, 15) is 9.59 Å². The fraction of sp³-hybridized carbons (Fsp3) is 0.143. The van der Waals surface area contributed by atoms with Crippen LogP contribution in [-0.4, -0.2) is 34.2 Å². The molecule has 0 unspecified atom stereocenters. The maximum atomic E-state index is 9.55. The van der Waals surface area contributed by atoms with Crippen molar-refractivity contribution in [2.24, 2.45) is 0 Å². The van der Waals surface area contributed by atoms with Gasteiger partial charge in [0.05, 0.1) is 0 Å². The molecule has 0 aliphatic heterocycles. The number of H-pyrrole nitrogens is 1. The maximum absolute atomic E-state index is 9.55. The lowest BCUT2D eigenvalue weighted by Crippen LogP contribution is -2.04. The van der Waals surface area contributed by atoms with Crippen LogP contribution in [0.1, 0.15) is 5.56 Å². The monoisotopic (exact) mass is 276 g/mol. The Morgan fingerprint density at radius 3 is 2.40 bits per heavy atom. The molecule has 0 amide bonds. The van der Waals surface area contributed by atoms with Gasteiger partial charge in [-0.25, -0.2) is 9.59 Å². The summed E-state index contributed by atoms with van der Waals surface area (Å²) >= 11 is 0. The Hall–Kier alpha value is -2.60. The van der Waals surface area contributed by atoms with E-state index in [0.717, 1.165) is 6.54 Å². The number of fused-ring (bicyclic) bond motifs is 1. The molecule has 0 bridgehead atoms. The number of aromatic amines is 1. The third kappa shape index (κ3) is 5.36. The predicted molar refractivity (Wildman–Crippen MR) is 75.5 cm³/mol. The summed E-state index contributed by atoms with van der Waals surface area (Å²) in [6, 6.07) is 8.54. The standard InChI is InChI=1S/C10H12N2.C4H4O4/c1-11-7-8-2-3-10-9(6-8)4-5-12-10;5-3(6)1-2-4(7)8/h2-6,11-12H,7H2,1H3;1-2H,(H,5,6)(H,7,8). The Morgan fingerprint density at radius 2 is 1.85 bits per heavy atom. The third-order valence-electron chi connectivity index (χ3n) is 2.37. The average Bonchev–Trinajstić information content (AvgIpc) is 2.85. The summed E-state index contributed by atoms with van der Waals surface area (Å²) in [6.07, 6.45) is 3.08. The molecule has 0 aliphatic carbocycles. The van der Waals surface area contributed by atoms with Crippen LogP contribution in [0.4, 0.5) is 0 Å². The molecule has 106 valence electrons. The van der Waals surface area contributed by atoms with E-state index >= 15 is 0 Å². The van der Waals surface area contributed by atoms with Crippen LogP contribution >= 0.6 is 0 Å². The van der Waals surface area contributed by atoms with E-state index in [1.807, 2.05) is 13.2 Å². The second-order valence-electron chi connectivity index (χ2n) is 3.94. The van der Waals surface area contributed by atoms with Crippen molar-refractivity contribution in [2.75, 3.05) is 7.05 Å². The fourth-order valence-corrected chi connectivity index (χ4v) is 1.56. The smallest absolute Gasteiger partial charge is 0.328 e. The second-order valence-corrected chi connectivity index (χ2v) is 3.94. The first-order chi connectivity index (χ1) is 9.52. The molecule has 0 aliphatic rings. The normalized spacial score (nSPS) is 10.2. The van der Waals surface area contributed by atoms with Crippen molar-refractivity contribution < 1.29 is 19.8 Å². The molecule has 0 saturated carbocycles. The van der Waals surface area contributed by atoms with Gasteiger partial charge in [-0.2, -0.15) is 0 Å². The highest BCUT2D eigenvalue weighted by Gasteiger charge is 1.95.